The summed E-state index contributed by atoms with van der Waals surface area (Å²) in [6, 6.07) is 9.43. The molecule has 2 aromatic rings. The second kappa shape index (κ2) is 4.06. The van der Waals surface area contributed by atoms with Gasteiger partial charge in [0.05, 0.1) is 17.7 Å². The first-order valence-corrected chi connectivity index (χ1v) is 4.65. The van der Waals surface area contributed by atoms with Crippen LogP contribution in [0.2, 0.25) is 0 Å². The minimum Gasteiger partial charge on any atom is -0.323 e. The van der Waals surface area contributed by atoms with Gasteiger partial charge in [-0.15, -0.1) is 0 Å². The zero-order valence-corrected chi connectivity index (χ0v) is 8.10. The SMILES string of the molecule is NCC(=O)Nc1cccc2cccnc12. The summed E-state index contributed by atoms with van der Waals surface area (Å²) >= 11 is 0. The molecule has 1 heterocycles. The smallest absolute Gasteiger partial charge is 0.238 e. The Morgan fingerprint density at radius 1 is 1.33 bits per heavy atom. The Kier molecular flexibility index (Phi) is 2.60. The fraction of sp³-hybridized carbons (Fsp3) is 0.0909. The van der Waals surface area contributed by atoms with Gasteiger partial charge in [0.25, 0.3) is 0 Å². The fourth-order valence-electron chi connectivity index (χ4n) is 1.41. The summed E-state index contributed by atoms with van der Waals surface area (Å²) in [6.45, 7) is -0.0246. The number of hydrogen-bond donors (Lipinski definition) is 2. The molecule has 0 fully saturated rings. The predicted octanol–water partition coefficient (Wildman–Crippen LogP) is 1.13. The number of rotatable bonds is 2. The Labute approximate surface area is 87.1 Å². The van der Waals surface area contributed by atoms with Crippen molar-refractivity contribution < 1.29 is 4.79 Å². The second-order valence-electron chi connectivity index (χ2n) is 3.13. The molecule has 4 heteroatoms. The Balaban J connectivity index is 2.46. The van der Waals surface area contributed by atoms with Crippen molar-refractivity contribution in [1.82, 2.24) is 4.98 Å². The summed E-state index contributed by atoms with van der Waals surface area (Å²) in [6.07, 6.45) is 1.69. The third kappa shape index (κ3) is 1.94. The van der Waals surface area contributed by atoms with Gasteiger partial charge < -0.3 is 11.1 Å². The average molecular weight is 201 g/mol. The lowest BCUT2D eigenvalue weighted by molar-refractivity contribution is -0.114. The van der Waals surface area contributed by atoms with E-state index in [9.17, 15) is 4.79 Å². The number of aromatic nitrogens is 1. The van der Waals surface area contributed by atoms with E-state index in [1.165, 1.54) is 0 Å². The van der Waals surface area contributed by atoms with E-state index in [1.54, 1.807) is 6.20 Å². The first-order valence-electron chi connectivity index (χ1n) is 4.65. The normalized spacial score (nSPS) is 10.2. The maximum atomic E-state index is 11.2. The van der Waals surface area contributed by atoms with Crippen molar-refractivity contribution in [2.24, 2.45) is 5.73 Å². The van der Waals surface area contributed by atoms with Crippen molar-refractivity contribution in [3.05, 3.63) is 36.5 Å². The highest BCUT2D eigenvalue weighted by Gasteiger charge is 2.03. The van der Waals surface area contributed by atoms with Crippen LogP contribution in [-0.4, -0.2) is 17.4 Å². The number of carbonyl (C=O) groups excluding carboxylic acids is 1. The maximum Gasteiger partial charge on any atom is 0.238 e. The number of anilines is 1. The third-order valence-electron chi connectivity index (χ3n) is 2.09. The van der Waals surface area contributed by atoms with Gasteiger partial charge in [-0.3, -0.25) is 9.78 Å². The summed E-state index contributed by atoms with van der Waals surface area (Å²) in [5.74, 6) is -0.215. The van der Waals surface area contributed by atoms with Crippen LogP contribution in [0.1, 0.15) is 0 Å². The number of fused-ring (bicyclic) bond motifs is 1. The number of nitrogens with one attached hydrogen (secondary N) is 1. The average Bonchev–Trinajstić information content (AvgIpc) is 2.29. The number of para-hydroxylation sites is 1. The molecule has 1 aromatic heterocycles. The van der Waals surface area contributed by atoms with Crippen LogP contribution in [-0.2, 0) is 4.79 Å². The Morgan fingerprint density at radius 2 is 2.13 bits per heavy atom. The van der Waals surface area contributed by atoms with E-state index in [2.05, 4.69) is 10.3 Å². The minimum absolute atomic E-state index is 0.0246. The van der Waals surface area contributed by atoms with Gasteiger partial charge in [0.1, 0.15) is 0 Å². The van der Waals surface area contributed by atoms with Crippen LogP contribution in [0, 0.1) is 0 Å². The molecule has 0 aliphatic rings. The lowest BCUT2D eigenvalue weighted by Crippen LogP contribution is -2.21. The van der Waals surface area contributed by atoms with Crippen LogP contribution in [0.3, 0.4) is 0 Å². The van der Waals surface area contributed by atoms with E-state index in [1.807, 2.05) is 30.3 Å². The molecule has 0 spiro atoms. The van der Waals surface area contributed by atoms with Gasteiger partial charge in [-0.2, -0.15) is 0 Å². The van der Waals surface area contributed by atoms with Crippen LogP contribution in [0.15, 0.2) is 36.5 Å². The number of hydrogen-bond acceptors (Lipinski definition) is 3. The molecule has 0 atom stereocenters. The number of amides is 1. The van der Waals surface area contributed by atoms with Gasteiger partial charge >= 0.3 is 0 Å². The van der Waals surface area contributed by atoms with Gasteiger partial charge in [0.2, 0.25) is 5.91 Å². The van der Waals surface area contributed by atoms with Gasteiger partial charge in [-0.1, -0.05) is 18.2 Å². The highest BCUT2D eigenvalue weighted by Crippen LogP contribution is 2.20. The van der Waals surface area contributed by atoms with Crippen LogP contribution in [0.4, 0.5) is 5.69 Å². The van der Waals surface area contributed by atoms with E-state index in [0.717, 1.165) is 10.9 Å². The van der Waals surface area contributed by atoms with Crippen LogP contribution in [0.5, 0.6) is 0 Å². The highest BCUT2D eigenvalue weighted by molar-refractivity contribution is 6.00. The molecule has 1 amide bonds. The molecule has 2 rings (SSSR count). The molecule has 0 radical (unpaired) electrons. The number of carbonyl (C=O) groups is 1. The van der Waals surface area contributed by atoms with Crippen molar-refractivity contribution in [1.29, 1.82) is 0 Å². The molecule has 76 valence electrons. The van der Waals surface area contributed by atoms with E-state index >= 15 is 0 Å². The summed E-state index contributed by atoms with van der Waals surface area (Å²) in [5.41, 5.74) is 6.71. The van der Waals surface area contributed by atoms with Crippen molar-refractivity contribution in [3.63, 3.8) is 0 Å². The number of benzene rings is 1. The number of pyridine rings is 1. The van der Waals surface area contributed by atoms with Gasteiger partial charge in [0.15, 0.2) is 0 Å². The summed E-state index contributed by atoms with van der Waals surface area (Å²) in [7, 11) is 0. The molecule has 0 aliphatic heterocycles. The Morgan fingerprint density at radius 3 is 2.93 bits per heavy atom. The fourth-order valence-corrected chi connectivity index (χ4v) is 1.41. The molecule has 4 nitrogen and oxygen atoms in total. The van der Waals surface area contributed by atoms with Crippen molar-refractivity contribution in [2.75, 3.05) is 11.9 Å². The van der Waals surface area contributed by atoms with Crippen molar-refractivity contribution in [2.45, 2.75) is 0 Å². The molecular formula is C11H11N3O. The van der Waals surface area contributed by atoms with Gasteiger partial charge in [-0.05, 0) is 12.1 Å². The quantitative estimate of drug-likeness (QED) is 0.765. The molecule has 0 saturated carbocycles. The second-order valence-corrected chi connectivity index (χ2v) is 3.13. The summed E-state index contributed by atoms with van der Waals surface area (Å²) in [4.78, 5) is 15.4. The molecule has 15 heavy (non-hydrogen) atoms. The number of nitrogens with two attached hydrogens (primary N) is 1. The third-order valence-corrected chi connectivity index (χ3v) is 2.09. The van der Waals surface area contributed by atoms with Gasteiger partial charge in [-0.25, -0.2) is 0 Å². The summed E-state index contributed by atoms with van der Waals surface area (Å²) < 4.78 is 0. The lowest BCUT2D eigenvalue weighted by Gasteiger charge is -2.06. The lowest BCUT2D eigenvalue weighted by atomic mass is 10.2. The number of nitrogens with zero attached hydrogens (tertiary/aromatic N) is 1. The minimum atomic E-state index is -0.215. The molecule has 1 aromatic carbocycles. The monoisotopic (exact) mass is 201 g/mol. The predicted molar refractivity (Wildman–Crippen MR) is 59.4 cm³/mol. The van der Waals surface area contributed by atoms with E-state index in [-0.39, 0.29) is 12.5 Å². The first-order chi connectivity index (χ1) is 7.31. The van der Waals surface area contributed by atoms with Gasteiger partial charge in [0, 0.05) is 11.6 Å². The standard InChI is InChI=1S/C11H11N3O/c12-7-10(15)14-9-5-1-3-8-4-2-6-13-11(8)9/h1-6H,7,12H2,(H,14,15). The van der Waals surface area contributed by atoms with E-state index in [0.29, 0.717) is 5.69 Å². The zero-order valence-electron chi connectivity index (χ0n) is 8.10. The molecule has 0 saturated heterocycles. The molecular weight excluding hydrogens is 190 g/mol. The van der Waals surface area contributed by atoms with E-state index < -0.39 is 0 Å². The highest BCUT2D eigenvalue weighted by atomic mass is 16.1. The van der Waals surface area contributed by atoms with E-state index in [4.69, 9.17) is 5.73 Å². The first kappa shape index (κ1) is 9.61. The Bertz CT molecular complexity index is 491. The maximum absolute atomic E-state index is 11.2. The molecule has 0 unspecified atom stereocenters. The molecule has 0 bridgehead atoms. The zero-order chi connectivity index (χ0) is 10.7. The molecule has 0 aliphatic carbocycles. The molecule has 3 N–H and O–H groups in total. The van der Waals surface area contributed by atoms with Crippen molar-refractivity contribution >= 4 is 22.5 Å². The van der Waals surface area contributed by atoms with Crippen LogP contribution >= 0.6 is 0 Å². The Hall–Kier alpha value is -1.94. The van der Waals surface area contributed by atoms with Crippen LogP contribution < -0.4 is 11.1 Å². The summed E-state index contributed by atoms with van der Waals surface area (Å²) in [5, 5.41) is 3.70. The van der Waals surface area contributed by atoms with Crippen LogP contribution in [0.25, 0.3) is 10.9 Å². The topological polar surface area (TPSA) is 68.0 Å². The van der Waals surface area contributed by atoms with Crippen molar-refractivity contribution in [3.8, 4) is 0 Å². The largest absolute Gasteiger partial charge is 0.323 e.